The van der Waals surface area contributed by atoms with Crippen LogP contribution < -0.4 is 0 Å². The van der Waals surface area contributed by atoms with Gasteiger partial charge in [-0.1, -0.05) is 52.9 Å². The molecule has 0 spiro atoms. The molecule has 8 heteroatoms. The first kappa shape index (κ1) is 18.7. The number of carbonyl (C=O) groups is 3. The highest BCUT2D eigenvalue weighted by atomic mass is 35.6. The average Bonchev–Trinajstić information content (AvgIpc) is 2.89. The third-order valence-electron chi connectivity index (χ3n) is 5.22. The number of alkyl halides is 3. The van der Waals surface area contributed by atoms with Crippen molar-refractivity contribution >= 4 is 52.5 Å². The Morgan fingerprint density at radius 3 is 2.52 bits per heavy atom. The van der Waals surface area contributed by atoms with Gasteiger partial charge in [0.05, 0.1) is 5.92 Å². The molecule has 5 atom stereocenters. The third kappa shape index (κ3) is 3.11. The Kier molecular flexibility index (Phi) is 4.71. The molecule has 5 nitrogen and oxygen atoms in total. The van der Waals surface area contributed by atoms with Gasteiger partial charge < -0.3 is 9.47 Å². The molecule has 0 saturated carbocycles. The number of hydrogen-bond donors (Lipinski definition) is 0. The Labute approximate surface area is 160 Å². The van der Waals surface area contributed by atoms with Crippen molar-refractivity contribution in [1.82, 2.24) is 0 Å². The molecule has 0 aromatic heterocycles. The van der Waals surface area contributed by atoms with Crippen LogP contribution in [0.25, 0.3) is 0 Å². The smallest absolute Gasteiger partial charge is 0.358 e. The summed E-state index contributed by atoms with van der Waals surface area (Å²) in [5.41, 5.74) is 2.24. The van der Waals surface area contributed by atoms with E-state index in [1.165, 1.54) is 0 Å². The minimum atomic E-state index is -2.21. The fourth-order valence-electron chi connectivity index (χ4n) is 4.11. The minimum absolute atomic E-state index is 0.0947. The summed E-state index contributed by atoms with van der Waals surface area (Å²) in [6.45, 7) is 5.38. The summed E-state index contributed by atoms with van der Waals surface area (Å²) in [4.78, 5) is 36.6. The van der Waals surface area contributed by atoms with E-state index in [4.69, 9.17) is 44.3 Å². The molecule has 0 radical (unpaired) electrons. The first-order valence-corrected chi connectivity index (χ1v) is 9.06. The van der Waals surface area contributed by atoms with Gasteiger partial charge in [-0.2, -0.15) is 0 Å². The lowest BCUT2D eigenvalue weighted by atomic mass is 9.79. The molecular formula is C17H17Cl3O5. The molecule has 0 amide bonds. The molecule has 1 saturated heterocycles. The number of halogens is 3. The fourth-order valence-corrected chi connectivity index (χ4v) is 4.25. The number of fused-ring (bicyclic) bond motifs is 3. The van der Waals surface area contributed by atoms with Gasteiger partial charge in [0.25, 0.3) is 3.79 Å². The van der Waals surface area contributed by atoms with E-state index < -0.39 is 33.8 Å². The zero-order valence-corrected chi connectivity index (χ0v) is 16.1. The van der Waals surface area contributed by atoms with E-state index in [1.807, 2.05) is 13.8 Å². The van der Waals surface area contributed by atoms with Crippen molar-refractivity contribution in [3.63, 3.8) is 0 Å². The first-order valence-electron chi connectivity index (χ1n) is 7.92. The Balaban J connectivity index is 2.03. The Hall–Kier alpha value is -1.04. The van der Waals surface area contributed by atoms with Crippen LogP contribution in [-0.4, -0.2) is 33.7 Å². The van der Waals surface area contributed by atoms with Crippen LogP contribution in [0, 0.1) is 17.8 Å². The Morgan fingerprint density at radius 1 is 1.28 bits per heavy atom. The van der Waals surface area contributed by atoms with E-state index in [0.717, 1.165) is 11.1 Å². The number of ether oxygens (including phenoxy) is 2. The monoisotopic (exact) mass is 406 g/mol. The summed E-state index contributed by atoms with van der Waals surface area (Å²) in [6.07, 6.45) is 0.567. The molecule has 136 valence electrons. The molecule has 1 aliphatic heterocycles. The molecule has 25 heavy (non-hydrogen) atoms. The lowest BCUT2D eigenvalue weighted by molar-refractivity contribution is -0.152. The molecule has 3 rings (SSSR count). The lowest BCUT2D eigenvalue weighted by Crippen LogP contribution is -2.39. The van der Waals surface area contributed by atoms with E-state index >= 15 is 0 Å². The maximum atomic E-state index is 12.4. The molecule has 2 aliphatic carbocycles. The van der Waals surface area contributed by atoms with Crippen molar-refractivity contribution in [3.8, 4) is 0 Å². The van der Waals surface area contributed by atoms with E-state index in [-0.39, 0.29) is 24.1 Å². The molecule has 0 aromatic carbocycles. The van der Waals surface area contributed by atoms with Crippen molar-refractivity contribution in [3.05, 3.63) is 22.8 Å². The highest BCUT2D eigenvalue weighted by Gasteiger charge is 2.55. The largest absolute Gasteiger partial charge is 0.461 e. The number of esters is 2. The second-order valence-electron chi connectivity index (χ2n) is 6.84. The van der Waals surface area contributed by atoms with Gasteiger partial charge in [-0.15, -0.1) is 0 Å². The first-order chi connectivity index (χ1) is 11.5. The van der Waals surface area contributed by atoms with Crippen molar-refractivity contribution in [2.24, 2.45) is 17.8 Å². The number of hydrogen-bond acceptors (Lipinski definition) is 5. The minimum Gasteiger partial charge on any atom is -0.461 e. The lowest BCUT2D eigenvalue weighted by Gasteiger charge is -2.30. The number of rotatable bonds is 1. The van der Waals surface area contributed by atoms with Crippen LogP contribution >= 0.6 is 34.8 Å². The summed E-state index contributed by atoms with van der Waals surface area (Å²) in [7, 11) is 0. The highest BCUT2D eigenvalue weighted by molar-refractivity contribution is 6.75. The van der Waals surface area contributed by atoms with Crippen molar-refractivity contribution in [2.75, 3.05) is 0 Å². The molecular weight excluding hydrogens is 391 g/mol. The summed E-state index contributed by atoms with van der Waals surface area (Å²) in [5.74, 6) is -2.71. The topological polar surface area (TPSA) is 69.7 Å². The molecule has 1 heterocycles. The van der Waals surface area contributed by atoms with Gasteiger partial charge in [0.15, 0.2) is 5.78 Å². The predicted octanol–water partition coefficient (Wildman–Crippen LogP) is 3.31. The van der Waals surface area contributed by atoms with Gasteiger partial charge in [-0.3, -0.25) is 9.59 Å². The normalized spacial score (nSPS) is 35.0. The highest BCUT2D eigenvalue weighted by Crippen LogP contribution is 2.49. The van der Waals surface area contributed by atoms with Crippen LogP contribution in [0.1, 0.15) is 27.2 Å². The zero-order chi connectivity index (χ0) is 18.7. The van der Waals surface area contributed by atoms with Gasteiger partial charge >= 0.3 is 11.9 Å². The second-order valence-corrected chi connectivity index (χ2v) is 9.12. The summed E-state index contributed by atoms with van der Waals surface area (Å²) in [6, 6.07) is 0. The van der Waals surface area contributed by atoms with Crippen molar-refractivity contribution < 1.29 is 23.9 Å². The third-order valence-corrected chi connectivity index (χ3v) is 5.68. The van der Waals surface area contributed by atoms with Crippen LogP contribution in [0.4, 0.5) is 0 Å². The summed E-state index contributed by atoms with van der Waals surface area (Å²) in [5, 5.41) is 0. The fraction of sp³-hybridized carbons (Fsp3) is 0.588. The number of carbonyl (C=O) groups excluding carboxylic acids is 3. The zero-order valence-electron chi connectivity index (χ0n) is 13.8. The van der Waals surface area contributed by atoms with Gasteiger partial charge in [0.1, 0.15) is 12.2 Å². The molecule has 3 aliphatic rings. The second kappa shape index (κ2) is 6.29. The molecule has 0 aromatic rings. The van der Waals surface area contributed by atoms with Crippen LogP contribution in [0.5, 0.6) is 0 Å². The maximum Gasteiger partial charge on any atom is 0.358 e. The SMILES string of the molecule is CC1=CC(=O)C2=C(C)C[C@@H](OC(=O)C(Cl)(Cl)Cl)[C@H]3[C@@H](OC(=O)[C@@H]3C)[C@H]12. The average molecular weight is 408 g/mol. The van der Waals surface area contributed by atoms with E-state index in [2.05, 4.69) is 0 Å². The molecule has 1 fully saturated rings. The van der Waals surface area contributed by atoms with E-state index in [0.29, 0.717) is 5.57 Å². The number of ketones is 1. The van der Waals surface area contributed by atoms with Crippen LogP contribution in [0.15, 0.2) is 22.8 Å². The molecule has 0 unspecified atom stereocenters. The van der Waals surface area contributed by atoms with Crippen LogP contribution in [0.2, 0.25) is 0 Å². The van der Waals surface area contributed by atoms with Gasteiger partial charge in [-0.25, -0.2) is 4.79 Å². The molecule has 0 bridgehead atoms. The Morgan fingerprint density at radius 2 is 1.92 bits per heavy atom. The quantitative estimate of drug-likeness (QED) is 0.493. The van der Waals surface area contributed by atoms with E-state index in [1.54, 1.807) is 13.0 Å². The van der Waals surface area contributed by atoms with Gasteiger partial charge in [0.2, 0.25) is 0 Å². The Bertz CT molecular complexity index is 718. The standard InChI is InChI=1S/C17H17Cl3O5/c1-6-4-9(21)11-7(2)5-10(24-16(23)17(18,19)20)13-8(3)15(22)25-14(13)12(6)11/h4,8,10,12-14H,5H2,1-3H3/t8-,10-,12-,13+,14+/m1/s1. The van der Waals surface area contributed by atoms with Gasteiger partial charge in [-0.05, 0) is 19.9 Å². The predicted molar refractivity (Wildman–Crippen MR) is 92.3 cm³/mol. The summed E-state index contributed by atoms with van der Waals surface area (Å²) >= 11 is 16.8. The number of allylic oxidation sites excluding steroid dienone is 1. The van der Waals surface area contributed by atoms with Crippen LogP contribution in [0.3, 0.4) is 0 Å². The van der Waals surface area contributed by atoms with Gasteiger partial charge in [0, 0.05) is 23.8 Å². The molecule has 0 N–H and O–H groups in total. The van der Waals surface area contributed by atoms with E-state index in [9.17, 15) is 14.4 Å². The van der Waals surface area contributed by atoms with Crippen LogP contribution in [-0.2, 0) is 23.9 Å². The summed E-state index contributed by atoms with van der Waals surface area (Å²) < 4.78 is 8.81. The van der Waals surface area contributed by atoms with Crippen molar-refractivity contribution in [1.29, 1.82) is 0 Å². The maximum absolute atomic E-state index is 12.4. The van der Waals surface area contributed by atoms with Crippen molar-refractivity contribution in [2.45, 2.75) is 43.2 Å².